The van der Waals surface area contributed by atoms with Crippen molar-refractivity contribution in [3.05, 3.63) is 0 Å². The normalized spacial score (nSPS) is 29.4. The maximum atomic E-state index is 12.3. The third kappa shape index (κ3) is 7.05. The van der Waals surface area contributed by atoms with Crippen LogP contribution in [0.4, 0.5) is 4.79 Å². The number of carbonyl (C=O) groups is 2. The zero-order valence-electron chi connectivity index (χ0n) is 16.8. The van der Waals surface area contributed by atoms with E-state index in [0.717, 1.165) is 52.1 Å². The first kappa shape index (κ1) is 20.6. The van der Waals surface area contributed by atoms with Crippen LogP contribution in [0.15, 0.2) is 0 Å². The number of rotatable bonds is 10. The van der Waals surface area contributed by atoms with E-state index in [1.807, 2.05) is 6.92 Å². The van der Waals surface area contributed by atoms with Gasteiger partial charge in [-0.15, -0.1) is 0 Å². The molecule has 0 aromatic rings. The average molecular weight is 382 g/mol. The van der Waals surface area contributed by atoms with Gasteiger partial charge in [0.1, 0.15) is 0 Å². The van der Waals surface area contributed by atoms with Crippen LogP contribution in [0.1, 0.15) is 46.0 Å². The standard InChI is InChI=1S/C20H35N3O4/c1-3-7-21-20(25)23(15(2)24)10-17-6-4-5-16(8-17)9-22(11-18-13-26-18)12-19-14-27-19/h16-19H,3-14H2,1-2H3,(H,21,25). The fraction of sp³-hybridized carbons (Fsp3) is 0.900. The van der Waals surface area contributed by atoms with E-state index in [4.69, 9.17) is 9.47 Å². The number of ether oxygens (including phenoxy) is 2. The highest BCUT2D eigenvalue weighted by molar-refractivity contribution is 5.93. The Morgan fingerprint density at radius 1 is 1.00 bits per heavy atom. The van der Waals surface area contributed by atoms with E-state index in [-0.39, 0.29) is 11.9 Å². The second kappa shape index (κ2) is 9.85. The van der Waals surface area contributed by atoms with Crippen molar-refractivity contribution in [1.29, 1.82) is 0 Å². The number of imide groups is 1. The van der Waals surface area contributed by atoms with Gasteiger partial charge in [0, 0.05) is 39.6 Å². The van der Waals surface area contributed by atoms with E-state index in [1.165, 1.54) is 24.7 Å². The predicted molar refractivity (Wildman–Crippen MR) is 102 cm³/mol. The zero-order valence-corrected chi connectivity index (χ0v) is 16.8. The Labute approximate surface area is 162 Å². The smallest absolute Gasteiger partial charge is 0.324 e. The second-order valence-electron chi connectivity index (χ2n) is 8.39. The molecule has 4 unspecified atom stereocenters. The summed E-state index contributed by atoms with van der Waals surface area (Å²) in [6, 6.07) is -0.245. The van der Waals surface area contributed by atoms with E-state index in [1.54, 1.807) is 0 Å². The van der Waals surface area contributed by atoms with Crippen molar-refractivity contribution in [2.45, 2.75) is 58.2 Å². The molecule has 154 valence electrons. The molecule has 7 nitrogen and oxygen atoms in total. The third-order valence-electron chi connectivity index (χ3n) is 5.73. The van der Waals surface area contributed by atoms with Crippen LogP contribution >= 0.6 is 0 Å². The number of epoxide rings is 2. The first-order valence-corrected chi connectivity index (χ1v) is 10.6. The highest BCUT2D eigenvalue weighted by Gasteiger charge is 2.33. The number of urea groups is 1. The summed E-state index contributed by atoms with van der Waals surface area (Å²) in [6.45, 7) is 9.48. The lowest BCUT2D eigenvalue weighted by Crippen LogP contribution is -2.46. The third-order valence-corrected chi connectivity index (χ3v) is 5.73. The number of hydrogen-bond acceptors (Lipinski definition) is 5. The van der Waals surface area contributed by atoms with Gasteiger partial charge in [-0.25, -0.2) is 4.79 Å². The van der Waals surface area contributed by atoms with Gasteiger partial charge in [0.2, 0.25) is 5.91 Å². The van der Waals surface area contributed by atoms with Crippen molar-refractivity contribution >= 4 is 11.9 Å². The van der Waals surface area contributed by atoms with E-state index < -0.39 is 0 Å². The number of hydrogen-bond donors (Lipinski definition) is 1. The topological polar surface area (TPSA) is 77.7 Å². The Morgan fingerprint density at radius 3 is 2.11 bits per heavy atom. The van der Waals surface area contributed by atoms with Crippen LogP contribution in [0.25, 0.3) is 0 Å². The van der Waals surface area contributed by atoms with Crippen LogP contribution in [0.2, 0.25) is 0 Å². The van der Waals surface area contributed by atoms with Crippen LogP contribution in [0, 0.1) is 11.8 Å². The Kier molecular flexibility index (Phi) is 7.49. The van der Waals surface area contributed by atoms with Gasteiger partial charge in [-0.3, -0.25) is 14.6 Å². The molecule has 3 rings (SSSR count). The molecule has 1 N–H and O–H groups in total. The van der Waals surface area contributed by atoms with Crippen LogP contribution in [-0.4, -0.2) is 79.9 Å². The van der Waals surface area contributed by atoms with Gasteiger partial charge in [-0.2, -0.15) is 0 Å². The van der Waals surface area contributed by atoms with Gasteiger partial charge in [0.25, 0.3) is 0 Å². The highest BCUT2D eigenvalue weighted by Crippen LogP contribution is 2.31. The van der Waals surface area contributed by atoms with Gasteiger partial charge in [0.05, 0.1) is 25.4 Å². The fourth-order valence-corrected chi connectivity index (χ4v) is 4.19. The molecule has 2 saturated heterocycles. The second-order valence-corrected chi connectivity index (χ2v) is 8.39. The van der Waals surface area contributed by atoms with Crippen LogP contribution in [0.3, 0.4) is 0 Å². The highest BCUT2D eigenvalue weighted by atomic mass is 16.6. The molecule has 0 bridgehead atoms. The summed E-state index contributed by atoms with van der Waals surface area (Å²) in [6.07, 6.45) is 6.25. The Balaban J connectivity index is 1.49. The number of nitrogens with one attached hydrogen (secondary N) is 1. The summed E-state index contributed by atoms with van der Waals surface area (Å²) >= 11 is 0. The van der Waals surface area contributed by atoms with Crippen molar-refractivity contribution in [2.75, 3.05) is 45.9 Å². The van der Waals surface area contributed by atoms with E-state index >= 15 is 0 Å². The molecule has 1 saturated carbocycles. The monoisotopic (exact) mass is 381 g/mol. The van der Waals surface area contributed by atoms with Crippen molar-refractivity contribution in [1.82, 2.24) is 15.1 Å². The van der Waals surface area contributed by atoms with Gasteiger partial charge in [0.15, 0.2) is 0 Å². The predicted octanol–water partition coefficient (Wildman–Crippen LogP) is 1.86. The molecule has 0 spiro atoms. The van der Waals surface area contributed by atoms with Crippen molar-refractivity contribution < 1.29 is 19.1 Å². The maximum Gasteiger partial charge on any atom is 0.324 e. The Morgan fingerprint density at radius 2 is 1.59 bits per heavy atom. The molecule has 0 aromatic carbocycles. The summed E-state index contributed by atoms with van der Waals surface area (Å²) in [4.78, 5) is 28.2. The molecule has 3 aliphatic rings. The molecule has 2 heterocycles. The van der Waals surface area contributed by atoms with Gasteiger partial charge < -0.3 is 14.8 Å². The Bertz CT molecular complexity index is 493. The molecule has 3 amide bonds. The van der Waals surface area contributed by atoms with Gasteiger partial charge in [-0.1, -0.05) is 13.3 Å². The summed E-state index contributed by atoms with van der Waals surface area (Å²) in [5.74, 6) is 0.856. The fourth-order valence-electron chi connectivity index (χ4n) is 4.19. The molecular weight excluding hydrogens is 346 g/mol. The largest absolute Gasteiger partial charge is 0.372 e. The molecule has 2 aliphatic heterocycles. The lowest BCUT2D eigenvalue weighted by molar-refractivity contribution is -0.126. The van der Waals surface area contributed by atoms with E-state index in [2.05, 4.69) is 10.2 Å². The van der Waals surface area contributed by atoms with Crippen molar-refractivity contribution in [3.63, 3.8) is 0 Å². The van der Waals surface area contributed by atoms with Crippen molar-refractivity contribution in [3.8, 4) is 0 Å². The number of nitrogens with zero attached hydrogens (tertiary/aromatic N) is 2. The molecule has 0 radical (unpaired) electrons. The average Bonchev–Trinajstić information content (AvgIpc) is 3.55. The minimum absolute atomic E-state index is 0.163. The quantitative estimate of drug-likeness (QED) is 0.585. The summed E-state index contributed by atoms with van der Waals surface area (Å²) in [5.41, 5.74) is 0. The first-order valence-electron chi connectivity index (χ1n) is 10.6. The summed E-state index contributed by atoms with van der Waals surface area (Å²) < 4.78 is 10.8. The van der Waals surface area contributed by atoms with Crippen LogP contribution in [0.5, 0.6) is 0 Å². The number of amides is 3. The van der Waals surface area contributed by atoms with Crippen LogP contribution in [-0.2, 0) is 14.3 Å². The lowest BCUT2D eigenvalue weighted by Gasteiger charge is -2.35. The van der Waals surface area contributed by atoms with Crippen molar-refractivity contribution in [2.24, 2.45) is 11.8 Å². The molecule has 27 heavy (non-hydrogen) atoms. The van der Waals surface area contributed by atoms with Gasteiger partial charge in [-0.05, 0) is 37.5 Å². The molecule has 4 atom stereocenters. The van der Waals surface area contributed by atoms with Crippen LogP contribution < -0.4 is 5.32 Å². The summed E-state index contributed by atoms with van der Waals surface area (Å²) in [5, 5.41) is 2.83. The summed E-state index contributed by atoms with van der Waals surface area (Å²) in [7, 11) is 0. The number of carbonyl (C=O) groups excluding carboxylic acids is 2. The minimum atomic E-state index is -0.245. The molecule has 7 heteroatoms. The first-order chi connectivity index (χ1) is 13.0. The lowest BCUT2D eigenvalue weighted by atomic mass is 9.80. The molecule has 3 fully saturated rings. The molecular formula is C20H35N3O4. The SMILES string of the molecule is CCCNC(=O)N(CC1CCCC(CN(CC2CO2)CC2CO2)C1)C(C)=O. The zero-order chi connectivity index (χ0) is 19.2. The van der Waals surface area contributed by atoms with Gasteiger partial charge >= 0.3 is 6.03 Å². The van der Waals surface area contributed by atoms with E-state index in [9.17, 15) is 9.59 Å². The molecule has 0 aromatic heterocycles. The Hall–Kier alpha value is -1.18. The molecule has 1 aliphatic carbocycles. The maximum absolute atomic E-state index is 12.3. The van der Waals surface area contributed by atoms with E-state index in [0.29, 0.717) is 37.1 Å². The minimum Gasteiger partial charge on any atom is -0.372 e.